The molecule has 0 spiro atoms. The molecule has 5 nitrogen and oxygen atoms in total. The molecule has 0 saturated heterocycles. The second-order valence-corrected chi connectivity index (χ2v) is 3.37. The molecule has 0 amide bonds. The second kappa shape index (κ2) is 3.66. The Kier molecular flexibility index (Phi) is 2.34. The minimum Gasteiger partial charge on any atom is -0.388 e. The molecule has 0 radical (unpaired) electrons. The van der Waals surface area contributed by atoms with Gasteiger partial charge in [-0.15, -0.1) is 5.10 Å². The molecule has 0 fully saturated rings. The summed E-state index contributed by atoms with van der Waals surface area (Å²) in [4.78, 5) is 0.148. The summed E-state index contributed by atoms with van der Waals surface area (Å²) in [6.07, 6.45) is 0. The lowest BCUT2D eigenvalue weighted by Crippen LogP contribution is -2.13. The van der Waals surface area contributed by atoms with E-state index >= 15 is 0 Å². The van der Waals surface area contributed by atoms with Gasteiger partial charge in [-0.1, -0.05) is 35.6 Å². The van der Waals surface area contributed by atoms with Crippen LogP contribution in [0, 0.1) is 0 Å². The fourth-order valence-electron chi connectivity index (χ4n) is 1.22. The van der Waals surface area contributed by atoms with Crippen molar-refractivity contribution in [1.29, 1.82) is 0 Å². The van der Waals surface area contributed by atoms with Crippen molar-refractivity contribution in [2.45, 2.75) is 0 Å². The van der Waals surface area contributed by atoms with Crippen LogP contribution in [-0.4, -0.2) is 20.0 Å². The summed E-state index contributed by atoms with van der Waals surface area (Å²) in [6.45, 7) is 0. The van der Waals surface area contributed by atoms with E-state index in [4.69, 9.17) is 23.7 Å². The molecule has 0 unspecified atom stereocenters. The predicted molar refractivity (Wildman–Crippen MR) is 61.7 cm³/mol. The number of thiocarbonyl (C=S) groups is 1. The molecule has 0 bridgehead atoms. The first-order chi connectivity index (χ1) is 7.20. The van der Waals surface area contributed by atoms with E-state index in [1.165, 1.54) is 4.68 Å². The fourth-order valence-corrected chi connectivity index (χ4v) is 1.37. The molecule has 1 aromatic heterocycles. The van der Waals surface area contributed by atoms with Gasteiger partial charge in [0, 0.05) is 0 Å². The lowest BCUT2D eigenvalue weighted by atomic mass is 10.3. The second-order valence-electron chi connectivity index (χ2n) is 2.93. The molecule has 0 atom stereocenters. The zero-order valence-electron chi connectivity index (χ0n) is 7.79. The van der Waals surface area contributed by atoms with Gasteiger partial charge < -0.3 is 11.5 Å². The summed E-state index contributed by atoms with van der Waals surface area (Å²) in [5, 5.41) is 7.69. The minimum absolute atomic E-state index is 0.148. The SMILES string of the molecule is NC(=S)c1nnn(-c2ccccc2)c1N. The maximum absolute atomic E-state index is 5.81. The number of nitrogen functional groups attached to an aromatic ring is 1. The summed E-state index contributed by atoms with van der Waals surface area (Å²) in [5.41, 5.74) is 12.4. The summed E-state index contributed by atoms with van der Waals surface area (Å²) in [7, 11) is 0. The van der Waals surface area contributed by atoms with Crippen LogP contribution in [0.25, 0.3) is 5.69 Å². The number of rotatable bonds is 2. The van der Waals surface area contributed by atoms with Crippen molar-refractivity contribution in [3.8, 4) is 5.69 Å². The number of aromatic nitrogens is 3. The third-order valence-corrected chi connectivity index (χ3v) is 2.13. The van der Waals surface area contributed by atoms with Crippen molar-refractivity contribution in [2.75, 3.05) is 5.73 Å². The van der Waals surface area contributed by atoms with E-state index in [0.29, 0.717) is 11.5 Å². The van der Waals surface area contributed by atoms with Crippen molar-refractivity contribution >= 4 is 23.0 Å². The Morgan fingerprint density at radius 1 is 1.27 bits per heavy atom. The van der Waals surface area contributed by atoms with Crippen molar-refractivity contribution in [3.05, 3.63) is 36.0 Å². The van der Waals surface area contributed by atoms with Crippen LogP contribution in [0.3, 0.4) is 0 Å². The molecule has 6 heteroatoms. The van der Waals surface area contributed by atoms with E-state index in [1.54, 1.807) is 0 Å². The molecule has 76 valence electrons. The number of nitrogens with two attached hydrogens (primary N) is 2. The van der Waals surface area contributed by atoms with Crippen molar-refractivity contribution in [3.63, 3.8) is 0 Å². The predicted octanol–water partition coefficient (Wildman–Crippen LogP) is 0.484. The number of para-hydroxylation sites is 1. The van der Waals surface area contributed by atoms with Crippen molar-refractivity contribution < 1.29 is 0 Å². The molecule has 0 aliphatic rings. The van der Waals surface area contributed by atoms with E-state index in [9.17, 15) is 0 Å². The number of benzene rings is 1. The first-order valence-corrected chi connectivity index (χ1v) is 4.67. The Labute approximate surface area is 91.7 Å². The highest BCUT2D eigenvalue weighted by Crippen LogP contribution is 2.13. The van der Waals surface area contributed by atoms with Crippen LogP contribution in [0.5, 0.6) is 0 Å². The molecule has 2 aromatic rings. The Balaban J connectivity index is 2.52. The highest BCUT2D eigenvalue weighted by atomic mass is 32.1. The van der Waals surface area contributed by atoms with E-state index in [2.05, 4.69) is 10.3 Å². The van der Waals surface area contributed by atoms with Crippen LogP contribution in [0.2, 0.25) is 0 Å². The van der Waals surface area contributed by atoms with Gasteiger partial charge in [0.05, 0.1) is 5.69 Å². The molecule has 0 aliphatic heterocycles. The van der Waals surface area contributed by atoms with Gasteiger partial charge in [0.15, 0.2) is 11.5 Å². The largest absolute Gasteiger partial charge is 0.388 e. The maximum Gasteiger partial charge on any atom is 0.164 e. The third kappa shape index (κ3) is 1.66. The normalized spacial score (nSPS) is 10.1. The molecular formula is C9H9N5S. The summed E-state index contributed by atoms with van der Waals surface area (Å²) < 4.78 is 1.49. The Morgan fingerprint density at radius 2 is 1.93 bits per heavy atom. The first kappa shape index (κ1) is 9.60. The standard InChI is InChI=1S/C9H9N5S/c10-8-7(9(11)15)12-13-14(8)6-4-2-1-3-5-6/h1-5H,10H2,(H2,11,15). The van der Waals surface area contributed by atoms with E-state index in [-0.39, 0.29) is 4.99 Å². The molecule has 4 N–H and O–H groups in total. The molecule has 0 saturated carbocycles. The molecular weight excluding hydrogens is 210 g/mol. The highest BCUT2D eigenvalue weighted by Gasteiger charge is 2.12. The Bertz CT molecular complexity index is 490. The van der Waals surface area contributed by atoms with Gasteiger partial charge in [-0.25, -0.2) is 0 Å². The van der Waals surface area contributed by atoms with Crippen LogP contribution in [-0.2, 0) is 0 Å². The van der Waals surface area contributed by atoms with Gasteiger partial charge >= 0.3 is 0 Å². The molecule has 2 rings (SSSR count). The summed E-state index contributed by atoms with van der Waals surface area (Å²) >= 11 is 4.79. The van der Waals surface area contributed by atoms with E-state index in [0.717, 1.165) is 5.69 Å². The zero-order valence-corrected chi connectivity index (χ0v) is 8.61. The zero-order chi connectivity index (χ0) is 10.8. The van der Waals surface area contributed by atoms with E-state index in [1.807, 2.05) is 30.3 Å². The van der Waals surface area contributed by atoms with Gasteiger partial charge in [0.25, 0.3) is 0 Å². The number of anilines is 1. The maximum atomic E-state index is 5.81. The number of nitrogens with zero attached hydrogens (tertiary/aromatic N) is 3. The van der Waals surface area contributed by atoms with Crippen molar-refractivity contribution in [2.24, 2.45) is 5.73 Å². The van der Waals surface area contributed by atoms with Crippen LogP contribution in [0.1, 0.15) is 5.69 Å². The minimum atomic E-state index is 0.148. The number of hydrogen-bond acceptors (Lipinski definition) is 4. The molecule has 0 aliphatic carbocycles. The summed E-state index contributed by atoms with van der Waals surface area (Å²) in [6, 6.07) is 9.42. The quantitative estimate of drug-likeness (QED) is 0.718. The molecule has 1 heterocycles. The average molecular weight is 219 g/mol. The smallest absolute Gasteiger partial charge is 0.164 e. The van der Waals surface area contributed by atoms with E-state index < -0.39 is 0 Å². The van der Waals surface area contributed by atoms with Crippen LogP contribution >= 0.6 is 12.2 Å². The van der Waals surface area contributed by atoms with Crippen LogP contribution in [0.4, 0.5) is 5.82 Å². The van der Waals surface area contributed by atoms with Gasteiger partial charge in [-0.2, -0.15) is 4.68 Å². The van der Waals surface area contributed by atoms with Gasteiger partial charge in [0.1, 0.15) is 4.99 Å². The Hall–Kier alpha value is -1.95. The topological polar surface area (TPSA) is 82.8 Å². The third-order valence-electron chi connectivity index (χ3n) is 1.94. The first-order valence-electron chi connectivity index (χ1n) is 4.26. The summed E-state index contributed by atoms with van der Waals surface area (Å²) in [5.74, 6) is 0.355. The fraction of sp³-hybridized carbons (Fsp3) is 0. The molecule has 1 aromatic carbocycles. The molecule has 15 heavy (non-hydrogen) atoms. The monoisotopic (exact) mass is 219 g/mol. The van der Waals surface area contributed by atoms with Gasteiger partial charge in [-0.3, -0.25) is 0 Å². The van der Waals surface area contributed by atoms with Crippen LogP contribution in [0.15, 0.2) is 30.3 Å². The van der Waals surface area contributed by atoms with Crippen LogP contribution < -0.4 is 11.5 Å². The van der Waals surface area contributed by atoms with Crippen molar-refractivity contribution in [1.82, 2.24) is 15.0 Å². The van der Waals surface area contributed by atoms with Gasteiger partial charge in [0.2, 0.25) is 0 Å². The lowest BCUT2D eigenvalue weighted by molar-refractivity contribution is 0.809. The highest BCUT2D eigenvalue weighted by molar-refractivity contribution is 7.80. The van der Waals surface area contributed by atoms with Gasteiger partial charge in [-0.05, 0) is 12.1 Å². The average Bonchev–Trinajstić information content (AvgIpc) is 2.61. The number of hydrogen-bond donors (Lipinski definition) is 2. The Morgan fingerprint density at radius 3 is 2.47 bits per heavy atom. The lowest BCUT2D eigenvalue weighted by Gasteiger charge is -2.01.